The molecule has 106 valence electrons. The molecule has 1 aromatic rings. The van der Waals surface area contributed by atoms with Gasteiger partial charge in [0.05, 0.1) is 10.6 Å². The minimum Gasteiger partial charge on any atom is -0.480 e. The molecule has 1 atom stereocenters. The molecule has 0 aromatic heterocycles. The van der Waals surface area contributed by atoms with Crippen LogP contribution in [0.15, 0.2) is 18.2 Å². The van der Waals surface area contributed by atoms with E-state index in [9.17, 15) is 9.59 Å². The summed E-state index contributed by atoms with van der Waals surface area (Å²) < 4.78 is 0. The molecule has 0 aliphatic carbocycles. The number of nitriles is 1. The lowest BCUT2D eigenvalue weighted by Crippen LogP contribution is -2.42. The number of benzene rings is 1. The third-order valence-electron chi connectivity index (χ3n) is 2.53. The van der Waals surface area contributed by atoms with Gasteiger partial charge in [-0.25, -0.2) is 9.59 Å². The van der Waals surface area contributed by atoms with Gasteiger partial charge in [-0.3, -0.25) is 0 Å². The van der Waals surface area contributed by atoms with E-state index in [2.05, 4.69) is 10.6 Å². The van der Waals surface area contributed by atoms with Crippen LogP contribution in [0.1, 0.15) is 25.3 Å². The van der Waals surface area contributed by atoms with Crippen molar-refractivity contribution >= 4 is 29.3 Å². The van der Waals surface area contributed by atoms with Gasteiger partial charge >= 0.3 is 12.0 Å². The molecule has 0 heterocycles. The molecule has 0 aliphatic rings. The highest BCUT2D eigenvalue weighted by molar-refractivity contribution is 6.32. The summed E-state index contributed by atoms with van der Waals surface area (Å²) in [6.45, 7) is 1.83. The van der Waals surface area contributed by atoms with Crippen molar-refractivity contribution < 1.29 is 14.7 Å². The van der Waals surface area contributed by atoms with E-state index in [0.717, 1.165) is 0 Å². The minimum atomic E-state index is -1.08. The number of rotatable bonds is 5. The molecule has 6 nitrogen and oxygen atoms in total. The largest absolute Gasteiger partial charge is 0.480 e. The Morgan fingerprint density at radius 2 is 2.20 bits per heavy atom. The molecule has 0 unspecified atom stereocenters. The second kappa shape index (κ2) is 7.36. The van der Waals surface area contributed by atoms with Crippen LogP contribution in [-0.4, -0.2) is 23.1 Å². The molecule has 20 heavy (non-hydrogen) atoms. The summed E-state index contributed by atoms with van der Waals surface area (Å²) in [4.78, 5) is 22.6. The quantitative estimate of drug-likeness (QED) is 0.777. The van der Waals surface area contributed by atoms with Crippen LogP contribution in [0.2, 0.25) is 5.02 Å². The first-order valence-corrected chi connectivity index (χ1v) is 6.35. The fourth-order valence-corrected chi connectivity index (χ4v) is 1.78. The molecule has 0 saturated heterocycles. The van der Waals surface area contributed by atoms with Crippen LogP contribution in [0.25, 0.3) is 0 Å². The van der Waals surface area contributed by atoms with Crippen LogP contribution in [0, 0.1) is 11.3 Å². The first-order valence-electron chi connectivity index (χ1n) is 5.98. The number of halogens is 1. The summed E-state index contributed by atoms with van der Waals surface area (Å²) in [5, 5.41) is 22.7. The fourth-order valence-electron chi connectivity index (χ4n) is 1.56. The van der Waals surface area contributed by atoms with Crippen molar-refractivity contribution in [2.24, 2.45) is 0 Å². The number of aliphatic carboxylic acids is 1. The van der Waals surface area contributed by atoms with Crippen molar-refractivity contribution in [2.75, 3.05) is 5.32 Å². The number of hydrogen-bond acceptors (Lipinski definition) is 3. The van der Waals surface area contributed by atoms with Gasteiger partial charge in [0, 0.05) is 5.69 Å². The number of nitrogens with zero attached hydrogens (tertiary/aromatic N) is 1. The van der Waals surface area contributed by atoms with Crippen LogP contribution < -0.4 is 10.6 Å². The summed E-state index contributed by atoms with van der Waals surface area (Å²) in [7, 11) is 0. The number of urea groups is 1. The van der Waals surface area contributed by atoms with Gasteiger partial charge in [-0.2, -0.15) is 5.26 Å². The van der Waals surface area contributed by atoms with Crippen LogP contribution >= 0.6 is 11.6 Å². The Bertz CT molecular complexity index is 554. The number of carbonyl (C=O) groups is 2. The van der Waals surface area contributed by atoms with E-state index >= 15 is 0 Å². The van der Waals surface area contributed by atoms with Gasteiger partial charge in [0.2, 0.25) is 0 Å². The molecule has 0 saturated carbocycles. The van der Waals surface area contributed by atoms with E-state index in [4.69, 9.17) is 22.0 Å². The average molecular weight is 296 g/mol. The van der Waals surface area contributed by atoms with Crippen molar-refractivity contribution in [2.45, 2.75) is 25.8 Å². The zero-order valence-electron chi connectivity index (χ0n) is 10.8. The van der Waals surface area contributed by atoms with Gasteiger partial charge in [-0.15, -0.1) is 0 Å². The van der Waals surface area contributed by atoms with Crippen LogP contribution in [0.4, 0.5) is 10.5 Å². The predicted octanol–water partition coefficient (Wildman–Crippen LogP) is 2.59. The lowest BCUT2D eigenvalue weighted by molar-refractivity contribution is -0.139. The van der Waals surface area contributed by atoms with Gasteiger partial charge in [0.25, 0.3) is 0 Å². The third kappa shape index (κ3) is 4.44. The lowest BCUT2D eigenvalue weighted by Gasteiger charge is -2.14. The molecule has 3 N–H and O–H groups in total. The Hall–Kier alpha value is -2.26. The lowest BCUT2D eigenvalue weighted by atomic mass is 10.2. The van der Waals surface area contributed by atoms with Crippen molar-refractivity contribution in [3.05, 3.63) is 28.8 Å². The molecule has 0 fully saturated rings. The molecular weight excluding hydrogens is 282 g/mol. The maximum atomic E-state index is 11.7. The number of nitrogens with one attached hydrogen (secondary N) is 2. The van der Waals surface area contributed by atoms with E-state index < -0.39 is 18.0 Å². The average Bonchev–Trinajstić information content (AvgIpc) is 2.38. The molecule has 2 amide bonds. The SMILES string of the molecule is CCC[C@@H](NC(=O)Nc1ccc(C#N)c(Cl)c1)C(=O)O. The first kappa shape index (κ1) is 15.8. The smallest absolute Gasteiger partial charge is 0.326 e. The number of hydrogen-bond donors (Lipinski definition) is 3. The van der Waals surface area contributed by atoms with Crippen molar-refractivity contribution in [3.63, 3.8) is 0 Å². The summed E-state index contributed by atoms with van der Waals surface area (Å²) in [5.74, 6) is -1.08. The summed E-state index contributed by atoms with van der Waals surface area (Å²) in [6, 6.07) is 4.74. The van der Waals surface area contributed by atoms with Crippen LogP contribution in [0.5, 0.6) is 0 Å². The van der Waals surface area contributed by atoms with Crippen molar-refractivity contribution in [1.29, 1.82) is 5.26 Å². The van der Waals surface area contributed by atoms with E-state index in [-0.39, 0.29) is 5.02 Å². The van der Waals surface area contributed by atoms with E-state index in [0.29, 0.717) is 24.1 Å². The molecular formula is C13H14ClN3O3. The number of carboxylic acid groups (broad SMARTS) is 1. The number of carbonyl (C=O) groups excluding carboxylic acids is 1. The number of carboxylic acids is 1. The monoisotopic (exact) mass is 295 g/mol. The molecule has 0 aliphatic heterocycles. The van der Waals surface area contributed by atoms with Gasteiger partial charge in [-0.05, 0) is 24.6 Å². The van der Waals surface area contributed by atoms with Crippen molar-refractivity contribution in [3.8, 4) is 6.07 Å². The Balaban J connectivity index is 2.69. The summed E-state index contributed by atoms with van der Waals surface area (Å²) >= 11 is 5.83. The second-order valence-corrected chi connectivity index (χ2v) is 4.49. The zero-order valence-corrected chi connectivity index (χ0v) is 11.6. The molecule has 1 rings (SSSR count). The van der Waals surface area contributed by atoms with E-state index in [1.54, 1.807) is 0 Å². The number of amides is 2. The highest BCUT2D eigenvalue weighted by Gasteiger charge is 2.18. The number of anilines is 1. The maximum absolute atomic E-state index is 11.7. The van der Waals surface area contributed by atoms with Crippen molar-refractivity contribution in [1.82, 2.24) is 5.32 Å². The highest BCUT2D eigenvalue weighted by Crippen LogP contribution is 2.20. The maximum Gasteiger partial charge on any atom is 0.326 e. The first-order chi connectivity index (χ1) is 9.47. The standard InChI is InChI=1S/C13H14ClN3O3/c1-2-3-11(12(18)19)17-13(20)16-9-5-4-8(7-15)10(14)6-9/h4-6,11H,2-3H2,1H3,(H,18,19)(H2,16,17,20)/t11-/m1/s1. The van der Waals surface area contributed by atoms with E-state index in [1.807, 2.05) is 13.0 Å². The Morgan fingerprint density at radius 3 is 2.70 bits per heavy atom. The molecule has 0 bridgehead atoms. The summed E-state index contributed by atoms with van der Waals surface area (Å²) in [6.07, 6.45) is 0.983. The van der Waals surface area contributed by atoms with Gasteiger partial charge < -0.3 is 15.7 Å². The normalized spacial score (nSPS) is 11.2. The fraction of sp³-hybridized carbons (Fsp3) is 0.308. The Morgan fingerprint density at radius 1 is 1.50 bits per heavy atom. The molecule has 0 spiro atoms. The topological polar surface area (TPSA) is 102 Å². The van der Waals surface area contributed by atoms with Gasteiger partial charge in [0.1, 0.15) is 12.1 Å². The van der Waals surface area contributed by atoms with Crippen LogP contribution in [-0.2, 0) is 4.79 Å². The second-order valence-electron chi connectivity index (χ2n) is 4.08. The third-order valence-corrected chi connectivity index (χ3v) is 2.84. The van der Waals surface area contributed by atoms with E-state index in [1.165, 1.54) is 18.2 Å². The Kier molecular flexibility index (Phi) is 5.81. The molecule has 7 heteroatoms. The Labute approximate surface area is 121 Å². The highest BCUT2D eigenvalue weighted by atomic mass is 35.5. The van der Waals surface area contributed by atoms with Gasteiger partial charge in [0.15, 0.2) is 0 Å². The molecule has 0 radical (unpaired) electrons. The molecule has 1 aromatic carbocycles. The van der Waals surface area contributed by atoms with Gasteiger partial charge in [-0.1, -0.05) is 24.9 Å². The predicted molar refractivity (Wildman–Crippen MR) is 74.7 cm³/mol. The summed E-state index contributed by atoms with van der Waals surface area (Å²) in [5.41, 5.74) is 0.680. The van der Waals surface area contributed by atoms with Crippen LogP contribution in [0.3, 0.4) is 0 Å². The minimum absolute atomic E-state index is 0.216. The zero-order chi connectivity index (χ0) is 15.1.